The Morgan fingerprint density at radius 2 is 2.15 bits per heavy atom. The Bertz CT molecular complexity index is 1290. The number of benzene rings is 1. The molecule has 6 rings (SSSR count). The number of ether oxygens (including phenoxy) is 1. The molecule has 2 amide bonds. The van der Waals surface area contributed by atoms with E-state index in [1.165, 1.54) is 0 Å². The first-order valence-corrected chi connectivity index (χ1v) is 11.6. The molecule has 1 spiro atoms. The van der Waals surface area contributed by atoms with E-state index < -0.39 is 5.41 Å². The Morgan fingerprint density at radius 1 is 1.30 bits per heavy atom. The van der Waals surface area contributed by atoms with Crippen LogP contribution in [0.5, 0.6) is 5.75 Å². The Kier molecular flexibility index (Phi) is 4.54. The second-order valence-corrected chi connectivity index (χ2v) is 9.15. The van der Waals surface area contributed by atoms with Gasteiger partial charge in [0.2, 0.25) is 11.8 Å². The number of hydrogen-bond donors (Lipinski definition) is 1. The standard InChI is InChI=1S/C26H26N4O3/c1-2-18-6-5-11-29(18)23(31)16-30-22-8-4-3-7-21(22)26(25(30)32)13-20(14-26)33-19-12-17-9-10-27-24(17)28-15-19/h2-4,7-10,12,15,20H,5-6,11,13-14,16H2,1H3,(H,27,28)/b18-2+. The molecule has 0 bridgehead atoms. The molecule has 3 aromatic rings. The predicted octanol–water partition coefficient (Wildman–Crippen LogP) is 3.91. The summed E-state index contributed by atoms with van der Waals surface area (Å²) in [5.74, 6) is 0.705. The summed E-state index contributed by atoms with van der Waals surface area (Å²) >= 11 is 0. The molecule has 0 radical (unpaired) electrons. The third-order valence-electron chi connectivity index (χ3n) is 7.28. The van der Waals surface area contributed by atoms with Crippen LogP contribution in [0.2, 0.25) is 0 Å². The number of likely N-dealkylation sites (tertiary alicyclic amines) is 1. The molecule has 1 N–H and O–H groups in total. The van der Waals surface area contributed by atoms with Crippen molar-refractivity contribution < 1.29 is 14.3 Å². The lowest BCUT2D eigenvalue weighted by atomic mass is 9.63. The number of H-pyrrole nitrogens is 1. The molecule has 168 valence electrons. The van der Waals surface area contributed by atoms with Crippen LogP contribution in [0.15, 0.2) is 60.6 Å². The molecule has 33 heavy (non-hydrogen) atoms. The number of carbonyl (C=O) groups excluding carboxylic acids is 2. The molecule has 1 saturated heterocycles. The Balaban J connectivity index is 1.21. The number of pyridine rings is 1. The first-order chi connectivity index (χ1) is 16.1. The maximum absolute atomic E-state index is 13.7. The molecule has 7 nitrogen and oxygen atoms in total. The van der Waals surface area contributed by atoms with Gasteiger partial charge in [-0.05, 0) is 43.5 Å². The summed E-state index contributed by atoms with van der Waals surface area (Å²) < 4.78 is 6.17. The highest BCUT2D eigenvalue weighted by Gasteiger charge is 2.59. The molecule has 2 fully saturated rings. The lowest BCUT2D eigenvalue weighted by molar-refractivity contribution is -0.133. The first-order valence-electron chi connectivity index (χ1n) is 11.6. The number of aromatic nitrogens is 2. The zero-order valence-electron chi connectivity index (χ0n) is 18.6. The minimum absolute atomic E-state index is 0.0114. The normalized spacial score (nSPS) is 25.2. The zero-order valence-corrected chi connectivity index (χ0v) is 18.6. The van der Waals surface area contributed by atoms with Crippen molar-refractivity contribution in [2.75, 3.05) is 18.0 Å². The van der Waals surface area contributed by atoms with E-state index >= 15 is 0 Å². The van der Waals surface area contributed by atoms with Crippen molar-refractivity contribution in [2.45, 2.75) is 44.1 Å². The average molecular weight is 443 g/mol. The molecule has 7 heteroatoms. The van der Waals surface area contributed by atoms with Crippen molar-refractivity contribution in [3.8, 4) is 5.75 Å². The van der Waals surface area contributed by atoms with Gasteiger partial charge in [-0.25, -0.2) is 4.98 Å². The number of nitrogens with one attached hydrogen (secondary N) is 1. The number of amides is 2. The van der Waals surface area contributed by atoms with Crippen LogP contribution >= 0.6 is 0 Å². The van der Waals surface area contributed by atoms with Gasteiger partial charge in [0.15, 0.2) is 0 Å². The van der Waals surface area contributed by atoms with Crippen LogP contribution in [-0.2, 0) is 15.0 Å². The van der Waals surface area contributed by atoms with Crippen molar-refractivity contribution in [2.24, 2.45) is 0 Å². The van der Waals surface area contributed by atoms with E-state index in [-0.39, 0.29) is 24.5 Å². The second kappa shape index (κ2) is 7.47. The summed E-state index contributed by atoms with van der Waals surface area (Å²) in [6.07, 6.45) is 8.59. The number of hydrogen-bond acceptors (Lipinski definition) is 4. The zero-order chi connectivity index (χ0) is 22.6. The van der Waals surface area contributed by atoms with Gasteiger partial charge < -0.3 is 19.5 Å². The van der Waals surface area contributed by atoms with Crippen LogP contribution in [0.3, 0.4) is 0 Å². The molecule has 1 aliphatic carbocycles. The van der Waals surface area contributed by atoms with Crippen molar-refractivity contribution in [3.05, 3.63) is 66.1 Å². The fourth-order valence-corrected chi connectivity index (χ4v) is 5.63. The molecule has 0 atom stereocenters. The lowest BCUT2D eigenvalue weighted by Crippen LogP contribution is -2.54. The quantitative estimate of drug-likeness (QED) is 0.664. The third-order valence-corrected chi connectivity index (χ3v) is 7.28. The SMILES string of the molecule is C/C=C1\CCCN1C(=O)CN1C(=O)C2(CC(Oc3cnc4[nH]ccc4c3)C2)c2ccccc21. The van der Waals surface area contributed by atoms with Crippen molar-refractivity contribution in [3.63, 3.8) is 0 Å². The lowest BCUT2D eigenvalue weighted by Gasteiger charge is -2.43. The van der Waals surface area contributed by atoms with Crippen molar-refractivity contribution in [1.82, 2.24) is 14.9 Å². The highest BCUT2D eigenvalue weighted by molar-refractivity contribution is 6.11. The maximum Gasteiger partial charge on any atom is 0.246 e. The number of carbonyl (C=O) groups is 2. The van der Waals surface area contributed by atoms with Crippen LogP contribution in [-0.4, -0.2) is 45.9 Å². The molecular formula is C26H26N4O3. The van der Waals surface area contributed by atoms with Gasteiger partial charge in [0, 0.05) is 42.4 Å². The predicted molar refractivity (Wildman–Crippen MR) is 125 cm³/mol. The van der Waals surface area contributed by atoms with Gasteiger partial charge in [0.25, 0.3) is 0 Å². The Labute approximate surface area is 192 Å². The summed E-state index contributed by atoms with van der Waals surface area (Å²) in [6, 6.07) is 11.8. The van der Waals surface area contributed by atoms with Gasteiger partial charge in [-0.1, -0.05) is 24.3 Å². The monoisotopic (exact) mass is 442 g/mol. The molecule has 1 aromatic carbocycles. The molecule has 4 heterocycles. The molecule has 0 unspecified atom stereocenters. The number of anilines is 1. The van der Waals surface area contributed by atoms with Crippen molar-refractivity contribution >= 4 is 28.5 Å². The molecular weight excluding hydrogens is 416 g/mol. The Hall–Kier alpha value is -3.61. The van der Waals surface area contributed by atoms with E-state index in [1.807, 2.05) is 60.5 Å². The van der Waals surface area contributed by atoms with E-state index in [2.05, 4.69) is 9.97 Å². The van der Waals surface area contributed by atoms with Gasteiger partial charge in [0.05, 0.1) is 11.6 Å². The van der Waals surface area contributed by atoms with E-state index in [0.717, 1.165) is 47.4 Å². The molecule has 1 saturated carbocycles. The average Bonchev–Trinajstić information content (AvgIpc) is 3.52. The molecule has 2 aromatic heterocycles. The van der Waals surface area contributed by atoms with Crippen LogP contribution in [0.1, 0.15) is 38.2 Å². The van der Waals surface area contributed by atoms with Gasteiger partial charge in [-0.2, -0.15) is 0 Å². The third kappa shape index (κ3) is 3.06. The van der Waals surface area contributed by atoms with E-state index in [0.29, 0.717) is 18.6 Å². The first kappa shape index (κ1) is 20.0. The van der Waals surface area contributed by atoms with Crippen molar-refractivity contribution in [1.29, 1.82) is 0 Å². The molecule has 2 aliphatic heterocycles. The second-order valence-electron chi connectivity index (χ2n) is 9.15. The van der Waals surface area contributed by atoms with E-state index in [4.69, 9.17) is 4.74 Å². The van der Waals surface area contributed by atoms with Crippen LogP contribution in [0, 0.1) is 0 Å². The summed E-state index contributed by atoms with van der Waals surface area (Å²) in [4.78, 5) is 37.7. The number of nitrogens with zero attached hydrogens (tertiary/aromatic N) is 3. The summed E-state index contributed by atoms with van der Waals surface area (Å²) in [7, 11) is 0. The smallest absolute Gasteiger partial charge is 0.246 e. The minimum atomic E-state index is -0.610. The highest BCUT2D eigenvalue weighted by atomic mass is 16.5. The number of fused-ring (bicyclic) bond motifs is 3. The Morgan fingerprint density at radius 3 is 3.00 bits per heavy atom. The van der Waals surface area contributed by atoms with Gasteiger partial charge in [0.1, 0.15) is 24.0 Å². The van der Waals surface area contributed by atoms with Gasteiger partial charge >= 0.3 is 0 Å². The summed E-state index contributed by atoms with van der Waals surface area (Å²) in [5, 5.41) is 0.996. The molecule has 3 aliphatic rings. The van der Waals surface area contributed by atoms with Gasteiger partial charge in [-0.3, -0.25) is 9.59 Å². The summed E-state index contributed by atoms with van der Waals surface area (Å²) in [6.45, 7) is 2.77. The largest absolute Gasteiger partial charge is 0.489 e. The van der Waals surface area contributed by atoms with Gasteiger partial charge in [-0.15, -0.1) is 0 Å². The highest BCUT2D eigenvalue weighted by Crippen LogP contribution is 2.54. The fraction of sp³-hybridized carbons (Fsp3) is 0.346. The maximum atomic E-state index is 13.7. The summed E-state index contributed by atoms with van der Waals surface area (Å²) in [5.41, 5.74) is 3.13. The topological polar surface area (TPSA) is 78.5 Å². The number of aromatic amines is 1. The minimum Gasteiger partial charge on any atom is -0.489 e. The van der Waals surface area contributed by atoms with Crippen LogP contribution in [0.25, 0.3) is 11.0 Å². The van der Waals surface area contributed by atoms with E-state index in [9.17, 15) is 9.59 Å². The fourth-order valence-electron chi connectivity index (χ4n) is 5.63. The number of rotatable bonds is 4. The van der Waals surface area contributed by atoms with Crippen LogP contribution < -0.4 is 9.64 Å². The van der Waals surface area contributed by atoms with Crippen LogP contribution in [0.4, 0.5) is 5.69 Å². The van der Waals surface area contributed by atoms with E-state index in [1.54, 1.807) is 11.1 Å². The number of allylic oxidation sites excluding steroid dienone is 2. The number of para-hydroxylation sites is 1.